The Morgan fingerprint density at radius 1 is 1.09 bits per heavy atom. The van der Waals surface area contributed by atoms with E-state index in [1.807, 2.05) is 0 Å². The van der Waals surface area contributed by atoms with E-state index in [0.717, 1.165) is 32.0 Å². The third-order valence-electron chi connectivity index (χ3n) is 4.77. The van der Waals surface area contributed by atoms with Gasteiger partial charge in [-0.05, 0) is 49.9 Å². The second-order valence-electron chi connectivity index (χ2n) is 6.09. The van der Waals surface area contributed by atoms with Gasteiger partial charge in [0.25, 0.3) is 5.91 Å². The lowest BCUT2D eigenvalue weighted by molar-refractivity contribution is -0.138. The van der Waals surface area contributed by atoms with Crippen LogP contribution in [0.25, 0.3) is 0 Å². The lowest BCUT2D eigenvalue weighted by atomic mass is 9.92. The summed E-state index contributed by atoms with van der Waals surface area (Å²) in [6.45, 7) is 2.97. The number of carbonyl (C=O) groups is 1. The summed E-state index contributed by atoms with van der Waals surface area (Å²) in [6, 6.07) is 5.05. The van der Waals surface area contributed by atoms with Gasteiger partial charge < -0.3 is 10.2 Å². The Kier molecular flexibility index (Phi) is 4.12. The highest BCUT2D eigenvalue weighted by Gasteiger charge is 2.37. The Hall–Kier alpha value is -1.56. The molecule has 0 saturated carbocycles. The Morgan fingerprint density at radius 2 is 1.68 bits per heavy atom. The van der Waals surface area contributed by atoms with E-state index in [9.17, 15) is 18.0 Å². The van der Waals surface area contributed by atoms with Crippen molar-refractivity contribution >= 4 is 5.91 Å². The van der Waals surface area contributed by atoms with Crippen LogP contribution in [0.15, 0.2) is 24.3 Å². The van der Waals surface area contributed by atoms with Crippen molar-refractivity contribution < 1.29 is 18.0 Å². The van der Waals surface area contributed by atoms with Gasteiger partial charge in [-0.25, -0.2) is 0 Å². The summed E-state index contributed by atoms with van der Waals surface area (Å²) < 4.78 is 39.2. The van der Waals surface area contributed by atoms with Crippen LogP contribution in [0.5, 0.6) is 0 Å². The number of alkyl halides is 3. The van der Waals surface area contributed by atoms with E-state index >= 15 is 0 Å². The molecule has 0 unspecified atom stereocenters. The van der Waals surface area contributed by atoms with Gasteiger partial charge in [0.1, 0.15) is 0 Å². The average Bonchev–Trinajstić information content (AvgIpc) is 2.84. The fraction of sp³-hybridized carbons (Fsp3) is 0.562. The van der Waals surface area contributed by atoms with Crippen LogP contribution in [0.4, 0.5) is 13.2 Å². The maximum atomic E-state index is 13.1. The molecule has 0 radical (unpaired) electrons. The zero-order chi connectivity index (χ0) is 15.7. The molecule has 1 aromatic rings. The number of fused-ring (bicyclic) bond motifs is 1. The standard InChI is InChI=1S/C16H19F3N2O/c17-16(18,19)14-4-2-1-3-13(14)15(22)21-7-5-11-9-20-10-12(11)6-8-21/h1-4,11-12,20H,5-10H2/t11-,12+. The lowest BCUT2D eigenvalue weighted by Gasteiger charge is -2.23. The number of hydrogen-bond acceptors (Lipinski definition) is 2. The molecule has 0 aliphatic carbocycles. The molecule has 2 atom stereocenters. The summed E-state index contributed by atoms with van der Waals surface area (Å²) in [4.78, 5) is 14.1. The van der Waals surface area contributed by atoms with Crippen LogP contribution in [0.2, 0.25) is 0 Å². The SMILES string of the molecule is O=C(c1ccccc1C(F)(F)F)N1CC[C@@H]2CNC[C@@H]2CC1. The molecule has 2 aliphatic heterocycles. The molecule has 2 aliphatic rings. The van der Waals surface area contributed by atoms with E-state index in [1.54, 1.807) is 4.90 Å². The van der Waals surface area contributed by atoms with Crippen molar-refractivity contribution in [1.29, 1.82) is 0 Å². The van der Waals surface area contributed by atoms with Gasteiger partial charge in [0.05, 0.1) is 11.1 Å². The molecule has 3 rings (SSSR count). The monoisotopic (exact) mass is 312 g/mol. The predicted octanol–water partition coefficient (Wildman–Crippen LogP) is 2.78. The van der Waals surface area contributed by atoms with E-state index < -0.39 is 17.6 Å². The largest absolute Gasteiger partial charge is 0.417 e. The van der Waals surface area contributed by atoms with Gasteiger partial charge in [-0.1, -0.05) is 12.1 Å². The first kappa shape index (κ1) is 15.3. The van der Waals surface area contributed by atoms with E-state index in [-0.39, 0.29) is 5.56 Å². The van der Waals surface area contributed by atoms with Crippen LogP contribution < -0.4 is 5.32 Å². The molecule has 1 amide bonds. The van der Waals surface area contributed by atoms with Crippen LogP contribution >= 0.6 is 0 Å². The van der Waals surface area contributed by atoms with Crippen molar-refractivity contribution in [2.24, 2.45) is 11.8 Å². The Bertz CT molecular complexity index is 545. The second kappa shape index (κ2) is 5.91. The number of rotatable bonds is 1. The maximum Gasteiger partial charge on any atom is 0.417 e. The second-order valence-corrected chi connectivity index (χ2v) is 6.09. The van der Waals surface area contributed by atoms with Crippen molar-refractivity contribution in [1.82, 2.24) is 10.2 Å². The normalized spacial score (nSPS) is 25.7. The zero-order valence-electron chi connectivity index (χ0n) is 12.2. The molecule has 1 aromatic carbocycles. The number of amides is 1. The topological polar surface area (TPSA) is 32.3 Å². The highest BCUT2D eigenvalue weighted by Crippen LogP contribution is 2.33. The first-order valence-corrected chi connectivity index (χ1v) is 7.63. The minimum absolute atomic E-state index is 0.236. The molecule has 22 heavy (non-hydrogen) atoms. The van der Waals surface area contributed by atoms with Crippen molar-refractivity contribution in [3.8, 4) is 0 Å². The summed E-state index contributed by atoms with van der Waals surface area (Å²) >= 11 is 0. The molecule has 2 heterocycles. The number of halogens is 3. The zero-order valence-corrected chi connectivity index (χ0v) is 12.2. The van der Waals surface area contributed by atoms with Gasteiger partial charge in [0.15, 0.2) is 0 Å². The smallest absolute Gasteiger partial charge is 0.339 e. The van der Waals surface area contributed by atoms with Crippen molar-refractivity contribution in [3.05, 3.63) is 35.4 Å². The van der Waals surface area contributed by atoms with E-state index in [0.29, 0.717) is 24.9 Å². The number of carbonyl (C=O) groups excluding carboxylic acids is 1. The van der Waals surface area contributed by atoms with E-state index in [2.05, 4.69) is 5.32 Å². The number of benzene rings is 1. The fourth-order valence-corrected chi connectivity index (χ4v) is 3.51. The highest BCUT2D eigenvalue weighted by atomic mass is 19.4. The molecule has 2 fully saturated rings. The van der Waals surface area contributed by atoms with E-state index in [4.69, 9.17) is 0 Å². The third kappa shape index (κ3) is 2.97. The van der Waals surface area contributed by atoms with Crippen molar-refractivity contribution in [2.45, 2.75) is 19.0 Å². The van der Waals surface area contributed by atoms with Gasteiger partial charge in [0.2, 0.25) is 0 Å². The third-order valence-corrected chi connectivity index (χ3v) is 4.77. The van der Waals surface area contributed by atoms with Crippen molar-refractivity contribution in [3.63, 3.8) is 0 Å². The van der Waals surface area contributed by atoms with Crippen LogP contribution in [0.3, 0.4) is 0 Å². The summed E-state index contributed by atoms with van der Waals surface area (Å²) in [5.41, 5.74) is -1.08. The van der Waals surface area contributed by atoms with Gasteiger partial charge in [0, 0.05) is 13.1 Å². The number of likely N-dealkylation sites (tertiary alicyclic amines) is 1. The molecule has 3 nitrogen and oxygen atoms in total. The first-order valence-electron chi connectivity index (χ1n) is 7.63. The Balaban J connectivity index is 1.80. The van der Waals surface area contributed by atoms with Crippen LogP contribution in [0.1, 0.15) is 28.8 Å². The average molecular weight is 312 g/mol. The van der Waals surface area contributed by atoms with Crippen molar-refractivity contribution in [2.75, 3.05) is 26.2 Å². The summed E-state index contributed by atoms with van der Waals surface area (Å²) in [7, 11) is 0. The van der Waals surface area contributed by atoms with Gasteiger partial charge in [-0.2, -0.15) is 13.2 Å². The first-order chi connectivity index (χ1) is 10.5. The van der Waals surface area contributed by atoms with E-state index in [1.165, 1.54) is 18.2 Å². The lowest BCUT2D eigenvalue weighted by Crippen LogP contribution is -2.34. The summed E-state index contributed by atoms with van der Waals surface area (Å²) in [6.07, 6.45) is -2.78. The molecule has 120 valence electrons. The number of nitrogens with zero attached hydrogens (tertiary/aromatic N) is 1. The molecule has 6 heteroatoms. The molecule has 2 saturated heterocycles. The Labute approximate surface area is 127 Å². The molecular formula is C16H19F3N2O. The van der Waals surface area contributed by atoms with Gasteiger partial charge >= 0.3 is 6.18 Å². The number of nitrogens with one attached hydrogen (secondary N) is 1. The fourth-order valence-electron chi connectivity index (χ4n) is 3.51. The van der Waals surface area contributed by atoms with Crippen LogP contribution in [-0.4, -0.2) is 37.0 Å². The molecule has 0 bridgehead atoms. The summed E-state index contributed by atoms with van der Waals surface area (Å²) in [5, 5.41) is 3.34. The predicted molar refractivity (Wildman–Crippen MR) is 76.4 cm³/mol. The molecular weight excluding hydrogens is 293 g/mol. The number of hydrogen-bond donors (Lipinski definition) is 1. The molecule has 1 N–H and O–H groups in total. The maximum absolute atomic E-state index is 13.1. The molecule has 0 aromatic heterocycles. The van der Waals surface area contributed by atoms with Crippen LogP contribution in [0, 0.1) is 11.8 Å². The minimum atomic E-state index is -4.50. The van der Waals surface area contributed by atoms with Gasteiger partial charge in [-0.3, -0.25) is 4.79 Å². The van der Waals surface area contributed by atoms with Gasteiger partial charge in [-0.15, -0.1) is 0 Å². The van der Waals surface area contributed by atoms with Crippen LogP contribution in [-0.2, 0) is 6.18 Å². The minimum Gasteiger partial charge on any atom is -0.339 e. The molecule has 0 spiro atoms. The quantitative estimate of drug-likeness (QED) is 0.865. The Morgan fingerprint density at radius 3 is 2.27 bits per heavy atom. The summed E-state index contributed by atoms with van der Waals surface area (Å²) in [5.74, 6) is 0.576. The highest BCUT2D eigenvalue weighted by molar-refractivity contribution is 5.96.